The number of carbonyl (C=O) groups excluding carboxylic acids is 2. The zero-order valence-corrected chi connectivity index (χ0v) is 19.6. The van der Waals surface area contributed by atoms with Gasteiger partial charge >= 0.3 is 0 Å². The van der Waals surface area contributed by atoms with Crippen molar-refractivity contribution in [1.82, 2.24) is 5.32 Å². The highest BCUT2D eigenvalue weighted by atomic mass is 16.5. The lowest BCUT2D eigenvalue weighted by Crippen LogP contribution is -2.40. The van der Waals surface area contributed by atoms with Gasteiger partial charge in [0.2, 0.25) is 11.8 Å². The molecule has 0 radical (unpaired) electrons. The second-order valence-corrected chi connectivity index (χ2v) is 9.93. The van der Waals surface area contributed by atoms with Gasteiger partial charge in [0.05, 0.1) is 19.1 Å². The van der Waals surface area contributed by atoms with E-state index in [9.17, 15) is 14.9 Å². The molecule has 34 heavy (non-hydrogen) atoms. The first-order valence-corrected chi connectivity index (χ1v) is 12.3. The third kappa shape index (κ3) is 4.45. The Morgan fingerprint density at radius 1 is 1.18 bits per heavy atom. The highest BCUT2D eigenvalue weighted by molar-refractivity contribution is 6.02. The van der Waals surface area contributed by atoms with Gasteiger partial charge in [-0.15, -0.1) is 0 Å². The minimum absolute atomic E-state index is 0.0566. The Balaban J connectivity index is 1.24. The molecule has 2 bridgehead atoms. The van der Waals surface area contributed by atoms with Crippen LogP contribution in [0.15, 0.2) is 42.5 Å². The normalized spacial score (nSPS) is 23.6. The number of ether oxygens (including phenoxy) is 1. The summed E-state index contributed by atoms with van der Waals surface area (Å²) in [5, 5.41) is 12.6. The molecule has 3 aliphatic rings. The predicted molar refractivity (Wildman–Crippen MR) is 130 cm³/mol. The number of benzene rings is 2. The minimum atomic E-state index is -0.516. The van der Waals surface area contributed by atoms with E-state index in [-0.39, 0.29) is 17.7 Å². The molecule has 2 aromatic rings. The number of hydrogen-bond donors (Lipinski definition) is 1. The summed E-state index contributed by atoms with van der Waals surface area (Å²) in [5.74, 6) is 1.47. The van der Waals surface area contributed by atoms with Crippen molar-refractivity contribution < 1.29 is 14.3 Å². The first-order chi connectivity index (χ1) is 16.6. The van der Waals surface area contributed by atoms with Crippen molar-refractivity contribution in [3.8, 4) is 17.2 Å². The summed E-state index contributed by atoms with van der Waals surface area (Å²) in [7, 11) is 1.64. The quantitative estimate of drug-likeness (QED) is 0.652. The fourth-order valence-electron chi connectivity index (χ4n) is 6.01. The van der Waals surface area contributed by atoms with Gasteiger partial charge in [0, 0.05) is 31.7 Å². The summed E-state index contributed by atoms with van der Waals surface area (Å²) in [6.07, 6.45) is 5.50. The van der Waals surface area contributed by atoms with E-state index in [1.807, 2.05) is 30.3 Å². The van der Waals surface area contributed by atoms with Crippen molar-refractivity contribution in [3.05, 3.63) is 53.6 Å². The van der Waals surface area contributed by atoms with Crippen molar-refractivity contribution in [1.29, 1.82) is 5.26 Å². The summed E-state index contributed by atoms with van der Waals surface area (Å²) >= 11 is 0. The van der Waals surface area contributed by atoms with E-state index in [0.717, 1.165) is 40.8 Å². The number of nitrogens with one attached hydrogen (secondary N) is 1. The number of anilines is 1. The molecule has 1 N–H and O–H groups in total. The van der Waals surface area contributed by atoms with E-state index in [2.05, 4.69) is 23.5 Å². The number of amides is 2. The number of nitrogens with zero attached hydrogens (tertiary/aromatic N) is 2. The van der Waals surface area contributed by atoms with Crippen LogP contribution >= 0.6 is 0 Å². The Morgan fingerprint density at radius 2 is 1.97 bits per heavy atom. The zero-order chi connectivity index (χ0) is 23.7. The molecule has 176 valence electrons. The molecule has 2 amide bonds. The molecule has 2 fully saturated rings. The number of hydrogen-bond acceptors (Lipinski definition) is 4. The maximum Gasteiger partial charge on any atom is 0.231 e. The predicted octanol–water partition coefficient (Wildman–Crippen LogP) is 3.88. The topological polar surface area (TPSA) is 82.4 Å². The monoisotopic (exact) mass is 457 g/mol. The maximum atomic E-state index is 12.7. The number of nitriles is 1. The molecule has 0 saturated heterocycles. The number of methoxy groups -OCH3 is 1. The maximum absolute atomic E-state index is 12.7. The molecule has 2 aromatic carbocycles. The molecule has 1 aliphatic heterocycles. The van der Waals surface area contributed by atoms with Crippen molar-refractivity contribution in [2.45, 2.75) is 44.6 Å². The molecule has 2 aliphatic carbocycles. The van der Waals surface area contributed by atoms with Crippen molar-refractivity contribution in [3.63, 3.8) is 0 Å². The summed E-state index contributed by atoms with van der Waals surface area (Å²) in [6, 6.07) is 16.0. The number of fused-ring (bicyclic) bond motifs is 3. The summed E-state index contributed by atoms with van der Waals surface area (Å²) < 4.78 is 5.16. The molecule has 5 rings (SSSR count). The van der Waals surface area contributed by atoms with E-state index in [1.54, 1.807) is 12.0 Å². The lowest BCUT2D eigenvalue weighted by molar-refractivity contribution is -0.127. The number of rotatable bonds is 8. The Bertz CT molecular complexity index is 1120. The molecular weight excluding hydrogens is 426 g/mol. The molecule has 0 unspecified atom stereocenters. The van der Waals surface area contributed by atoms with E-state index in [0.29, 0.717) is 37.8 Å². The molecule has 0 spiro atoms. The lowest BCUT2D eigenvalue weighted by atomic mass is 9.88. The Kier molecular flexibility index (Phi) is 6.38. The van der Waals surface area contributed by atoms with Gasteiger partial charge in [0.25, 0.3) is 0 Å². The standard InChI is InChI=1S/C28H31N3O3/c1-34-11-10-31-26-15-21(8-9-23(26)16-27(31)32)20-5-2-18(3-6-20)13-24(17-29)30-28(33)25-14-19-4-7-22(25)12-19/h2-3,5-6,8-9,15,19,22,24-25H,4,7,10-14,16H2,1H3,(H,30,33)/t19-,22+,24+,25+/m1/s1. The minimum Gasteiger partial charge on any atom is -0.383 e. The van der Waals surface area contributed by atoms with E-state index in [1.165, 1.54) is 12.8 Å². The van der Waals surface area contributed by atoms with Gasteiger partial charge in [-0.1, -0.05) is 42.8 Å². The van der Waals surface area contributed by atoms with Gasteiger partial charge in [-0.3, -0.25) is 9.59 Å². The zero-order valence-electron chi connectivity index (χ0n) is 19.6. The van der Waals surface area contributed by atoms with Crippen LogP contribution in [0.5, 0.6) is 0 Å². The molecule has 2 saturated carbocycles. The van der Waals surface area contributed by atoms with Gasteiger partial charge < -0.3 is 15.0 Å². The molecule has 0 aromatic heterocycles. The van der Waals surface area contributed by atoms with Crippen molar-refractivity contribution >= 4 is 17.5 Å². The molecule has 1 heterocycles. The SMILES string of the molecule is COCCN1C(=O)Cc2ccc(-c3ccc(C[C@@H](C#N)NC(=O)[C@H]4C[C@@H]5CC[C@H]4C5)cc3)cc21. The van der Waals surface area contributed by atoms with Crippen LogP contribution in [0.2, 0.25) is 0 Å². The van der Waals surface area contributed by atoms with Gasteiger partial charge in [-0.2, -0.15) is 5.26 Å². The lowest BCUT2D eigenvalue weighted by Gasteiger charge is -2.22. The highest BCUT2D eigenvalue weighted by Gasteiger charge is 2.43. The average molecular weight is 458 g/mol. The molecule has 6 nitrogen and oxygen atoms in total. The Morgan fingerprint density at radius 3 is 2.65 bits per heavy atom. The summed E-state index contributed by atoms with van der Waals surface area (Å²) in [5.41, 5.74) is 5.11. The van der Waals surface area contributed by atoms with Crippen LogP contribution in [0, 0.1) is 29.1 Å². The van der Waals surface area contributed by atoms with Gasteiger partial charge in [-0.05, 0) is 59.4 Å². The van der Waals surface area contributed by atoms with Crippen LogP contribution in [0.1, 0.15) is 36.8 Å². The van der Waals surface area contributed by atoms with Gasteiger partial charge in [-0.25, -0.2) is 0 Å². The average Bonchev–Trinajstić information content (AvgIpc) is 3.56. The Hall–Kier alpha value is -3.17. The first kappa shape index (κ1) is 22.6. The van der Waals surface area contributed by atoms with Crippen molar-refractivity contribution in [2.75, 3.05) is 25.2 Å². The fraction of sp³-hybridized carbons (Fsp3) is 0.464. The fourth-order valence-corrected chi connectivity index (χ4v) is 6.01. The van der Waals surface area contributed by atoms with E-state index >= 15 is 0 Å². The molecular formula is C28H31N3O3. The highest BCUT2D eigenvalue weighted by Crippen LogP contribution is 2.48. The van der Waals surface area contributed by atoms with E-state index < -0.39 is 6.04 Å². The van der Waals surface area contributed by atoms with Crippen LogP contribution < -0.4 is 10.2 Å². The van der Waals surface area contributed by atoms with Gasteiger partial charge in [0.15, 0.2) is 0 Å². The molecule has 4 atom stereocenters. The van der Waals surface area contributed by atoms with Crippen LogP contribution in [-0.4, -0.2) is 38.1 Å². The van der Waals surface area contributed by atoms with Crippen LogP contribution in [0.4, 0.5) is 5.69 Å². The largest absolute Gasteiger partial charge is 0.383 e. The van der Waals surface area contributed by atoms with E-state index in [4.69, 9.17) is 4.74 Å². The van der Waals surface area contributed by atoms with Crippen LogP contribution in [0.25, 0.3) is 11.1 Å². The second kappa shape index (κ2) is 9.60. The second-order valence-electron chi connectivity index (χ2n) is 9.93. The van der Waals surface area contributed by atoms with Gasteiger partial charge in [0.1, 0.15) is 6.04 Å². The van der Waals surface area contributed by atoms with Crippen LogP contribution in [0.3, 0.4) is 0 Å². The molecule has 6 heteroatoms. The van der Waals surface area contributed by atoms with Crippen LogP contribution in [-0.2, 0) is 27.2 Å². The van der Waals surface area contributed by atoms with Crippen molar-refractivity contribution in [2.24, 2.45) is 17.8 Å². The summed E-state index contributed by atoms with van der Waals surface area (Å²) in [4.78, 5) is 26.9. The smallest absolute Gasteiger partial charge is 0.231 e. The Labute approximate surface area is 200 Å². The third-order valence-corrected chi connectivity index (χ3v) is 7.81. The summed E-state index contributed by atoms with van der Waals surface area (Å²) in [6.45, 7) is 1.05. The first-order valence-electron chi connectivity index (χ1n) is 12.3. The number of carbonyl (C=O) groups is 2. The third-order valence-electron chi connectivity index (χ3n) is 7.81.